The summed E-state index contributed by atoms with van der Waals surface area (Å²) in [5, 5.41) is 2.71. The highest BCUT2D eigenvalue weighted by molar-refractivity contribution is 5.99. The van der Waals surface area contributed by atoms with Gasteiger partial charge in [-0.05, 0) is 31.2 Å². The predicted octanol–water partition coefficient (Wildman–Crippen LogP) is 2.06. The number of amides is 2. The summed E-state index contributed by atoms with van der Waals surface area (Å²) in [6.07, 6.45) is -2.17. The molecule has 8 nitrogen and oxygen atoms in total. The second kappa shape index (κ2) is 9.07. The zero-order valence-electron chi connectivity index (χ0n) is 17.3. The highest BCUT2D eigenvalue weighted by Gasteiger charge is 2.32. The van der Waals surface area contributed by atoms with Crippen molar-refractivity contribution in [2.24, 2.45) is 0 Å². The van der Waals surface area contributed by atoms with Crippen molar-refractivity contribution < 1.29 is 23.9 Å². The zero-order chi connectivity index (χ0) is 21.8. The van der Waals surface area contributed by atoms with Gasteiger partial charge in [0, 0.05) is 31.9 Å². The van der Waals surface area contributed by atoms with E-state index in [2.05, 4.69) is 10.2 Å². The Labute approximate surface area is 180 Å². The van der Waals surface area contributed by atoms with Crippen LogP contribution in [-0.2, 0) is 19.1 Å². The van der Waals surface area contributed by atoms with Gasteiger partial charge in [0.15, 0.2) is 12.2 Å². The molecule has 2 amide bonds. The molecule has 0 unspecified atom stereocenters. The Morgan fingerprint density at radius 3 is 2.48 bits per heavy atom. The Balaban J connectivity index is 1.26. The van der Waals surface area contributed by atoms with E-state index in [9.17, 15) is 14.4 Å². The van der Waals surface area contributed by atoms with Gasteiger partial charge in [-0.15, -0.1) is 0 Å². The Kier molecular flexibility index (Phi) is 6.06. The molecule has 2 aromatic rings. The summed E-state index contributed by atoms with van der Waals surface area (Å²) in [6.45, 7) is 4.10. The van der Waals surface area contributed by atoms with E-state index in [0.717, 1.165) is 5.69 Å². The quantitative estimate of drug-likeness (QED) is 0.741. The van der Waals surface area contributed by atoms with Crippen LogP contribution in [0.15, 0.2) is 54.6 Å². The molecule has 2 atom stereocenters. The van der Waals surface area contributed by atoms with E-state index >= 15 is 0 Å². The summed E-state index contributed by atoms with van der Waals surface area (Å²) in [5.74, 6) is -0.796. The monoisotopic (exact) mass is 423 g/mol. The second-order valence-corrected chi connectivity index (χ2v) is 7.58. The minimum absolute atomic E-state index is 0.236. The van der Waals surface area contributed by atoms with Gasteiger partial charge in [0.2, 0.25) is 0 Å². The van der Waals surface area contributed by atoms with E-state index in [-0.39, 0.29) is 12.3 Å². The largest absolute Gasteiger partial charge is 0.478 e. The fourth-order valence-electron chi connectivity index (χ4n) is 3.76. The summed E-state index contributed by atoms with van der Waals surface area (Å²) in [7, 11) is 0. The first-order chi connectivity index (χ1) is 15.0. The smallest absolute Gasteiger partial charge is 0.310 e. The molecule has 1 fully saturated rings. The van der Waals surface area contributed by atoms with Crippen molar-refractivity contribution in [2.75, 3.05) is 36.4 Å². The third-order valence-electron chi connectivity index (χ3n) is 5.43. The number of nitrogens with zero attached hydrogens (tertiary/aromatic N) is 2. The lowest BCUT2D eigenvalue weighted by Crippen LogP contribution is -2.51. The molecule has 4 rings (SSSR count). The Morgan fingerprint density at radius 2 is 1.74 bits per heavy atom. The van der Waals surface area contributed by atoms with Gasteiger partial charge in [-0.25, -0.2) is 0 Å². The maximum absolute atomic E-state index is 12.7. The van der Waals surface area contributed by atoms with Gasteiger partial charge in [0.05, 0.1) is 12.1 Å². The normalized spacial score (nSPS) is 19.0. The number of rotatable bonds is 5. The summed E-state index contributed by atoms with van der Waals surface area (Å²) >= 11 is 0. The van der Waals surface area contributed by atoms with Crippen molar-refractivity contribution >= 4 is 29.2 Å². The number of hydrogen-bond acceptors (Lipinski definition) is 6. The molecule has 0 saturated carbocycles. The van der Waals surface area contributed by atoms with E-state index in [1.807, 2.05) is 30.3 Å². The topological polar surface area (TPSA) is 88.2 Å². The lowest BCUT2D eigenvalue weighted by molar-refractivity contribution is -0.161. The van der Waals surface area contributed by atoms with Gasteiger partial charge in [-0.1, -0.05) is 30.3 Å². The number of fused-ring (bicyclic) bond motifs is 1. The number of benzene rings is 2. The molecule has 2 aromatic carbocycles. The molecule has 31 heavy (non-hydrogen) atoms. The third kappa shape index (κ3) is 4.79. The maximum Gasteiger partial charge on any atom is 0.310 e. The average molecular weight is 423 g/mol. The second-order valence-electron chi connectivity index (χ2n) is 7.58. The standard InChI is InChI=1S/C23H25N3O5/c1-16(23(29)26-13-11-25(12-14-26)17-7-3-2-4-8-17)30-21(27)15-20-22(28)24-18-9-5-6-10-19(18)31-20/h2-10,16,20H,11-15H2,1H3,(H,24,28)/t16-,20+/m0/s1. The maximum atomic E-state index is 12.7. The minimum atomic E-state index is -0.987. The molecular weight excluding hydrogens is 398 g/mol. The number of esters is 1. The van der Waals surface area contributed by atoms with Gasteiger partial charge in [0.25, 0.3) is 11.8 Å². The number of carbonyl (C=O) groups is 3. The Bertz CT molecular complexity index is 957. The fraction of sp³-hybridized carbons (Fsp3) is 0.348. The van der Waals surface area contributed by atoms with E-state index in [1.165, 1.54) is 0 Å². The number of piperazine rings is 1. The van der Waals surface area contributed by atoms with Gasteiger partial charge < -0.3 is 24.6 Å². The molecule has 0 spiro atoms. The molecule has 0 radical (unpaired) electrons. The van der Waals surface area contributed by atoms with Crippen molar-refractivity contribution in [3.8, 4) is 5.75 Å². The van der Waals surface area contributed by atoms with Crippen molar-refractivity contribution in [1.82, 2.24) is 4.90 Å². The first-order valence-electron chi connectivity index (χ1n) is 10.4. The molecule has 1 saturated heterocycles. The van der Waals surface area contributed by atoms with Gasteiger partial charge in [-0.2, -0.15) is 0 Å². The average Bonchev–Trinajstić information content (AvgIpc) is 2.79. The highest BCUT2D eigenvalue weighted by Crippen LogP contribution is 2.29. The molecule has 0 bridgehead atoms. The molecule has 2 aliphatic rings. The van der Waals surface area contributed by atoms with Gasteiger partial charge in [-0.3, -0.25) is 14.4 Å². The Hall–Kier alpha value is -3.55. The number of carbonyl (C=O) groups excluding carboxylic acids is 3. The van der Waals surface area contributed by atoms with E-state index < -0.39 is 24.1 Å². The summed E-state index contributed by atoms with van der Waals surface area (Å²) < 4.78 is 10.9. The van der Waals surface area contributed by atoms with Gasteiger partial charge >= 0.3 is 5.97 Å². The molecule has 1 N–H and O–H groups in total. The number of ether oxygens (including phenoxy) is 2. The molecular formula is C23H25N3O5. The van der Waals surface area contributed by atoms with Crippen LogP contribution in [-0.4, -0.2) is 61.1 Å². The first-order valence-corrected chi connectivity index (χ1v) is 10.4. The molecule has 0 aromatic heterocycles. The lowest BCUT2D eigenvalue weighted by Gasteiger charge is -2.37. The lowest BCUT2D eigenvalue weighted by atomic mass is 10.1. The molecule has 2 aliphatic heterocycles. The summed E-state index contributed by atoms with van der Waals surface area (Å²) in [5.41, 5.74) is 1.69. The minimum Gasteiger partial charge on any atom is -0.478 e. The van der Waals surface area contributed by atoms with Crippen molar-refractivity contribution in [1.29, 1.82) is 0 Å². The number of anilines is 2. The molecule has 2 heterocycles. The summed E-state index contributed by atoms with van der Waals surface area (Å²) in [4.78, 5) is 41.2. The molecule has 8 heteroatoms. The van der Waals surface area contributed by atoms with Crippen molar-refractivity contribution in [2.45, 2.75) is 25.6 Å². The van der Waals surface area contributed by atoms with Crippen LogP contribution in [0.2, 0.25) is 0 Å². The first kappa shape index (κ1) is 20.7. The van der Waals surface area contributed by atoms with Crippen molar-refractivity contribution in [3.63, 3.8) is 0 Å². The van der Waals surface area contributed by atoms with Crippen LogP contribution in [0, 0.1) is 0 Å². The highest BCUT2D eigenvalue weighted by atomic mass is 16.6. The van der Waals surface area contributed by atoms with Crippen LogP contribution < -0.4 is 15.0 Å². The SMILES string of the molecule is C[C@H](OC(=O)C[C@H]1Oc2ccccc2NC1=O)C(=O)N1CCN(c2ccccc2)CC1. The number of hydrogen-bond donors (Lipinski definition) is 1. The van der Waals surface area contributed by atoms with Crippen LogP contribution in [0.25, 0.3) is 0 Å². The van der Waals surface area contributed by atoms with Gasteiger partial charge in [0.1, 0.15) is 5.75 Å². The number of para-hydroxylation sites is 3. The van der Waals surface area contributed by atoms with Crippen molar-refractivity contribution in [3.05, 3.63) is 54.6 Å². The van der Waals surface area contributed by atoms with E-state index in [4.69, 9.17) is 9.47 Å². The van der Waals surface area contributed by atoms with Crippen LogP contribution in [0.3, 0.4) is 0 Å². The Morgan fingerprint density at radius 1 is 1.06 bits per heavy atom. The van der Waals surface area contributed by atoms with Crippen LogP contribution in [0.5, 0.6) is 5.75 Å². The summed E-state index contributed by atoms with van der Waals surface area (Å²) in [6, 6.07) is 17.0. The van der Waals surface area contributed by atoms with E-state index in [0.29, 0.717) is 37.6 Å². The van der Waals surface area contributed by atoms with E-state index in [1.54, 1.807) is 36.1 Å². The number of nitrogens with one attached hydrogen (secondary N) is 1. The third-order valence-corrected chi connectivity index (χ3v) is 5.43. The fourth-order valence-corrected chi connectivity index (χ4v) is 3.76. The van der Waals surface area contributed by atoms with Crippen LogP contribution >= 0.6 is 0 Å². The predicted molar refractivity (Wildman–Crippen MR) is 115 cm³/mol. The zero-order valence-corrected chi connectivity index (χ0v) is 17.3. The molecule has 162 valence electrons. The molecule has 0 aliphatic carbocycles. The van der Waals surface area contributed by atoms with Crippen LogP contribution in [0.1, 0.15) is 13.3 Å². The van der Waals surface area contributed by atoms with Crippen LogP contribution in [0.4, 0.5) is 11.4 Å².